The Hall–Kier alpha value is -1.13. The molecule has 5 N–H and O–H groups in total. The van der Waals surface area contributed by atoms with E-state index in [-0.39, 0.29) is 6.04 Å². The first-order chi connectivity index (χ1) is 7.51. The molecule has 0 atom stereocenters. The molecule has 0 aliphatic heterocycles. The molecule has 88 valence electrons. The number of hydrogen-bond acceptors (Lipinski definition) is 4. The van der Waals surface area contributed by atoms with Crippen LogP contribution in [0.1, 0.15) is 36.8 Å². The fourth-order valence-electron chi connectivity index (χ4n) is 2.34. The largest absolute Gasteiger partial charge is 0.385 e. The van der Waals surface area contributed by atoms with Crippen LogP contribution < -0.4 is 11.5 Å². The summed E-state index contributed by atoms with van der Waals surface area (Å²) in [6.45, 7) is 1.95. The number of pyridine rings is 1. The first-order valence-corrected chi connectivity index (χ1v) is 5.72. The highest BCUT2D eigenvalue weighted by atomic mass is 16.3. The van der Waals surface area contributed by atoms with Crippen LogP contribution in [0.2, 0.25) is 0 Å². The van der Waals surface area contributed by atoms with Crippen LogP contribution in [0.5, 0.6) is 0 Å². The van der Waals surface area contributed by atoms with E-state index in [4.69, 9.17) is 11.5 Å². The van der Waals surface area contributed by atoms with Crippen LogP contribution in [0.3, 0.4) is 0 Å². The number of nitrogen functional groups attached to an aromatic ring is 1. The Morgan fingerprint density at radius 1 is 1.44 bits per heavy atom. The smallest absolute Gasteiger partial charge is 0.129 e. The van der Waals surface area contributed by atoms with E-state index in [1.165, 1.54) is 0 Å². The van der Waals surface area contributed by atoms with E-state index in [0.717, 1.165) is 24.0 Å². The molecule has 0 saturated heterocycles. The fraction of sp³-hybridized carbons (Fsp3) is 0.583. The first kappa shape index (κ1) is 11.4. The number of nitrogens with zero attached hydrogens (tertiary/aromatic N) is 1. The molecule has 1 aliphatic rings. The van der Waals surface area contributed by atoms with Gasteiger partial charge in [0.2, 0.25) is 0 Å². The molecule has 1 aliphatic carbocycles. The second-order valence-electron chi connectivity index (χ2n) is 4.81. The molecular weight excluding hydrogens is 202 g/mol. The standard InChI is InChI=1S/C12H19N3O/c1-8-6-10(11(14)15-7-8)12(16)4-2-9(13)3-5-12/h6-7,9,16H,2-5,13H2,1H3,(H2,14,15). The van der Waals surface area contributed by atoms with Crippen LogP contribution in [0.25, 0.3) is 0 Å². The number of aliphatic hydroxyl groups is 1. The number of hydrogen-bond donors (Lipinski definition) is 3. The lowest BCUT2D eigenvalue weighted by molar-refractivity contribution is -0.00455. The van der Waals surface area contributed by atoms with Gasteiger partial charge < -0.3 is 16.6 Å². The lowest BCUT2D eigenvalue weighted by Gasteiger charge is -2.35. The highest BCUT2D eigenvalue weighted by Crippen LogP contribution is 2.38. The zero-order valence-electron chi connectivity index (χ0n) is 9.61. The molecule has 1 heterocycles. The zero-order chi connectivity index (χ0) is 11.8. The Morgan fingerprint density at radius 3 is 2.69 bits per heavy atom. The minimum Gasteiger partial charge on any atom is -0.385 e. The van der Waals surface area contributed by atoms with Gasteiger partial charge in [-0.15, -0.1) is 0 Å². The molecule has 0 spiro atoms. The summed E-state index contributed by atoms with van der Waals surface area (Å²) in [5, 5.41) is 10.6. The Bertz CT molecular complexity index is 384. The molecule has 0 radical (unpaired) electrons. The summed E-state index contributed by atoms with van der Waals surface area (Å²) < 4.78 is 0. The Labute approximate surface area is 95.7 Å². The second-order valence-corrected chi connectivity index (χ2v) is 4.81. The van der Waals surface area contributed by atoms with E-state index >= 15 is 0 Å². The summed E-state index contributed by atoms with van der Waals surface area (Å²) in [7, 11) is 0. The van der Waals surface area contributed by atoms with E-state index in [1.807, 2.05) is 13.0 Å². The zero-order valence-corrected chi connectivity index (χ0v) is 9.61. The predicted molar refractivity (Wildman–Crippen MR) is 63.7 cm³/mol. The summed E-state index contributed by atoms with van der Waals surface area (Å²) in [6.07, 6.45) is 4.73. The third kappa shape index (κ3) is 2.03. The van der Waals surface area contributed by atoms with Gasteiger partial charge in [-0.1, -0.05) is 0 Å². The number of nitrogens with two attached hydrogens (primary N) is 2. The number of anilines is 1. The van der Waals surface area contributed by atoms with Gasteiger partial charge in [0.25, 0.3) is 0 Å². The molecule has 1 saturated carbocycles. The Kier molecular flexibility index (Phi) is 2.86. The summed E-state index contributed by atoms with van der Waals surface area (Å²) >= 11 is 0. The summed E-state index contributed by atoms with van der Waals surface area (Å²) in [5.74, 6) is 0.434. The van der Waals surface area contributed by atoms with Crippen molar-refractivity contribution in [2.75, 3.05) is 5.73 Å². The van der Waals surface area contributed by atoms with Gasteiger partial charge in [-0.25, -0.2) is 4.98 Å². The van der Waals surface area contributed by atoms with Crippen LogP contribution in [0.15, 0.2) is 12.3 Å². The third-order valence-electron chi connectivity index (χ3n) is 3.41. The van der Waals surface area contributed by atoms with Crippen molar-refractivity contribution in [2.24, 2.45) is 5.73 Å². The van der Waals surface area contributed by atoms with Crippen molar-refractivity contribution in [3.05, 3.63) is 23.4 Å². The second kappa shape index (κ2) is 4.03. The molecule has 0 aromatic carbocycles. The maximum Gasteiger partial charge on any atom is 0.129 e. The van der Waals surface area contributed by atoms with Gasteiger partial charge >= 0.3 is 0 Å². The molecule has 0 bridgehead atoms. The maximum atomic E-state index is 10.6. The number of aryl methyl sites for hydroxylation is 1. The van der Waals surface area contributed by atoms with Gasteiger partial charge in [0.15, 0.2) is 0 Å². The average Bonchev–Trinajstić information content (AvgIpc) is 2.26. The first-order valence-electron chi connectivity index (χ1n) is 5.72. The van der Waals surface area contributed by atoms with E-state index in [0.29, 0.717) is 18.7 Å². The van der Waals surface area contributed by atoms with Crippen molar-refractivity contribution in [1.82, 2.24) is 4.98 Å². The minimum absolute atomic E-state index is 0.208. The third-order valence-corrected chi connectivity index (χ3v) is 3.41. The summed E-state index contributed by atoms with van der Waals surface area (Å²) in [4.78, 5) is 4.10. The monoisotopic (exact) mass is 221 g/mol. The fourth-order valence-corrected chi connectivity index (χ4v) is 2.34. The molecule has 0 amide bonds. The van der Waals surface area contributed by atoms with Crippen molar-refractivity contribution in [3.8, 4) is 0 Å². The topological polar surface area (TPSA) is 85.2 Å². The normalized spacial score (nSPS) is 30.3. The SMILES string of the molecule is Cc1cnc(N)c(C2(O)CCC(N)CC2)c1. The van der Waals surface area contributed by atoms with Crippen LogP contribution in [0.4, 0.5) is 5.82 Å². The summed E-state index contributed by atoms with van der Waals surface area (Å²) in [5.41, 5.74) is 12.6. The minimum atomic E-state index is -0.834. The average molecular weight is 221 g/mol. The van der Waals surface area contributed by atoms with Crippen LogP contribution in [-0.2, 0) is 5.60 Å². The molecule has 1 fully saturated rings. The highest BCUT2D eigenvalue weighted by molar-refractivity contribution is 5.45. The summed E-state index contributed by atoms with van der Waals surface area (Å²) in [6, 6.07) is 2.14. The molecular formula is C12H19N3O. The van der Waals surface area contributed by atoms with Crippen LogP contribution >= 0.6 is 0 Å². The molecule has 16 heavy (non-hydrogen) atoms. The molecule has 4 heteroatoms. The van der Waals surface area contributed by atoms with Crippen molar-refractivity contribution in [2.45, 2.75) is 44.2 Å². The Morgan fingerprint density at radius 2 is 2.06 bits per heavy atom. The maximum absolute atomic E-state index is 10.6. The van der Waals surface area contributed by atoms with Crippen molar-refractivity contribution >= 4 is 5.82 Å². The lowest BCUT2D eigenvalue weighted by Crippen LogP contribution is -2.37. The van der Waals surface area contributed by atoms with E-state index in [1.54, 1.807) is 6.20 Å². The number of aromatic nitrogens is 1. The van der Waals surface area contributed by atoms with Gasteiger partial charge in [-0.05, 0) is 44.2 Å². The Balaban J connectivity index is 2.32. The molecule has 1 aromatic heterocycles. The highest BCUT2D eigenvalue weighted by Gasteiger charge is 2.35. The van der Waals surface area contributed by atoms with E-state index < -0.39 is 5.60 Å². The molecule has 1 aromatic rings. The molecule has 2 rings (SSSR count). The van der Waals surface area contributed by atoms with E-state index in [9.17, 15) is 5.11 Å². The quantitative estimate of drug-likeness (QED) is 0.662. The van der Waals surface area contributed by atoms with Crippen molar-refractivity contribution in [3.63, 3.8) is 0 Å². The predicted octanol–water partition coefficient (Wildman–Crippen LogP) is 1.06. The van der Waals surface area contributed by atoms with Crippen LogP contribution in [0, 0.1) is 6.92 Å². The van der Waals surface area contributed by atoms with E-state index in [2.05, 4.69) is 4.98 Å². The van der Waals surface area contributed by atoms with Gasteiger partial charge in [0, 0.05) is 17.8 Å². The molecule has 0 unspecified atom stereocenters. The van der Waals surface area contributed by atoms with Crippen LogP contribution in [-0.4, -0.2) is 16.1 Å². The van der Waals surface area contributed by atoms with Gasteiger partial charge in [0.05, 0.1) is 5.60 Å². The van der Waals surface area contributed by atoms with Crippen molar-refractivity contribution < 1.29 is 5.11 Å². The lowest BCUT2D eigenvalue weighted by atomic mass is 9.78. The van der Waals surface area contributed by atoms with Gasteiger partial charge in [-0.3, -0.25) is 0 Å². The molecule has 4 nitrogen and oxygen atoms in total. The van der Waals surface area contributed by atoms with Gasteiger partial charge in [-0.2, -0.15) is 0 Å². The van der Waals surface area contributed by atoms with Gasteiger partial charge in [0.1, 0.15) is 5.82 Å². The number of rotatable bonds is 1. The van der Waals surface area contributed by atoms with Crippen molar-refractivity contribution in [1.29, 1.82) is 0 Å².